The fraction of sp³-hybridized carbons (Fsp3) is 0.222. The van der Waals surface area contributed by atoms with Crippen LogP contribution in [0, 0.1) is 20.2 Å². The highest BCUT2D eigenvalue weighted by molar-refractivity contribution is 6.00. The summed E-state index contributed by atoms with van der Waals surface area (Å²) in [6.07, 6.45) is -1.40. The number of carbonyl (C=O) groups excluding carboxylic acids is 2. The van der Waals surface area contributed by atoms with Gasteiger partial charge in [0.1, 0.15) is 24.5 Å². The first-order chi connectivity index (χ1) is 14.3. The Bertz CT molecular complexity index is 1040. The van der Waals surface area contributed by atoms with Crippen molar-refractivity contribution < 1.29 is 33.6 Å². The first-order valence-electron chi connectivity index (χ1n) is 8.61. The summed E-state index contributed by atoms with van der Waals surface area (Å²) in [6, 6.07) is 7.59. The number of carbonyl (C=O) groups is 2. The van der Waals surface area contributed by atoms with Crippen molar-refractivity contribution in [2.75, 3.05) is 18.5 Å². The Morgan fingerprint density at radius 3 is 2.27 bits per heavy atom. The topological polar surface area (TPSA) is 160 Å². The summed E-state index contributed by atoms with van der Waals surface area (Å²) in [4.78, 5) is 45.7. The number of anilines is 1. The third kappa shape index (κ3) is 4.27. The summed E-state index contributed by atoms with van der Waals surface area (Å²) < 4.78 is 15.6. The summed E-state index contributed by atoms with van der Waals surface area (Å²) in [6.45, 7) is 1.64. The van der Waals surface area contributed by atoms with Crippen LogP contribution >= 0.6 is 0 Å². The lowest BCUT2D eigenvalue weighted by Crippen LogP contribution is -2.30. The molecule has 0 spiro atoms. The SMILES string of the molecule is CC(OC(=O)c1cc2c(cc1[N+](=O)[O-])OCCO2)C(=O)Nc1ccccc1[N+](=O)[O-]. The monoisotopic (exact) mass is 417 g/mol. The smallest absolute Gasteiger partial charge is 0.346 e. The van der Waals surface area contributed by atoms with Crippen molar-refractivity contribution in [3.05, 3.63) is 62.2 Å². The van der Waals surface area contributed by atoms with Crippen LogP contribution in [0.1, 0.15) is 17.3 Å². The molecule has 1 unspecified atom stereocenters. The number of nitrogens with zero attached hydrogens (tertiary/aromatic N) is 2. The van der Waals surface area contributed by atoms with Crippen molar-refractivity contribution in [2.24, 2.45) is 0 Å². The van der Waals surface area contributed by atoms with Gasteiger partial charge in [-0.05, 0) is 13.0 Å². The molecule has 156 valence electrons. The maximum absolute atomic E-state index is 12.5. The van der Waals surface area contributed by atoms with Gasteiger partial charge < -0.3 is 19.5 Å². The number of para-hydroxylation sites is 2. The Balaban J connectivity index is 1.78. The predicted octanol–water partition coefficient (Wildman–Crippen LogP) is 2.46. The molecule has 1 amide bonds. The van der Waals surface area contributed by atoms with E-state index in [4.69, 9.17) is 14.2 Å². The van der Waals surface area contributed by atoms with Crippen LogP contribution < -0.4 is 14.8 Å². The average molecular weight is 417 g/mol. The molecule has 0 saturated carbocycles. The number of ether oxygens (including phenoxy) is 3. The first kappa shape index (κ1) is 20.5. The first-order valence-corrected chi connectivity index (χ1v) is 8.61. The molecule has 0 saturated heterocycles. The van der Waals surface area contributed by atoms with Gasteiger partial charge in [-0.25, -0.2) is 4.79 Å². The average Bonchev–Trinajstić information content (AvgIpc) is 2.72. The zero-order valence-corrected chi connectivity index (χ0v) is 15.5. The zero-order chi connectivity index (χ0) is 21.8. The summed E-state index contributed by atoms with van der Waals surface area (Å²) in [7, 11) is 0. The molecule has 2 aromatic carbocycles. The minimum absolute atomic E-state index is 0.0827. The van der Waals surface area contributed by atoms with Gasteiger partial charge in [0, 0.05) is 12.1 Å². The molecule has 1 atom stereocenters. The molecule has 12 heteroatoms. The number of fused-ring (bicyclic) bond motifs is 1. The normalized spacial score (nSPS) is 13.1. The highest BCUT2D eigenvalue weighted by Crippen LogP contribution is 2.37. The largest absolute Gasteiger partial charge is 0.486 e. The molecule has 0 bridgehead atoms. The standard InChI is InChI=1S/C18H15N3O9/c1-10(17(22)19-12-4-2-3-5-13(12)20(24)25)30-18(23)11-8-15-16(29-7-6-28-15)9-14(11)21(26)27/h2-5,8-10H,6-7H2,1H3,(H,19,22). The molecule has 1 aliphatic heterocycles. The third-order valence-corrected chi connectivity index (χ3v) is 4.09. The number of hydrogen-bond acceptors (Lipinski definition) is 9. The molecule has 1 heterocycles. The summed E-state index contributed by atoms with van der Waals surface area (Å²) >= 11 is 0. The quantitative estimate of drug-likeness (QED) is 0.423. The lowest BCUT2D eigenvalue weighted by Gasteiger charge is -2.19. The Kier molecular flexibility index (Phi) is 5.76. The van der Waals surface area contributed by atoms with E-state index in [1.54, 1.807) is 0 Å². The van der Waals surface area contributed by atoms with Gasteiger partial charge in [0.15, 0.2) is 17.6 Å². The minimum Gasteiger partial charge on any atom is -0.486 e. The fourth-order valence-electron chi connectivity index (χ4n) is 2.64. The van der Waals surface area contributed by atoms with E-state index in [0.29, 0.717) is 0 Å². The summed E-state index contributed by atoms with van der Waals surface area (Å²) in [5, 5.41) is 24.7. The van der Waals surface area contributed by atoms with Gasteiger partial charge >= 0.3 is 5.97 Å². The van der Waals surface area contributed by atoms with Crippen molar-refractivity contribution in [3.63, 3.8) is 0 Å². The van der Waals surface area contributed by atoms with E-state index >= 15 is 0 Å². The fourth-order valence-corrected chi connectivity index (χ4v) is 2.64. The van der Waals surface area contributed by atoms with Crippen LogP contribution in [-0.4, -0.2) is 41.0 Å². The van der Waals surface area contributed by atoms with E-state index in [1.807, 2.05) is 0 Å². The van der Waals surface area contributed by atoms with E-state index in [1.165, 1.54) is 31.2 Å². The van der Waals surface area contributed by atoms with E-state index in [0.717, 1.165) is 12.1 Å². The van der Waals surface area contributed by atoms with Gasteiger partial charge in [0.2, 0.25) is 0 Å². The van der Waals surface area contributed by atoms with Crippen molar-refractivity contribution in [2.45, 2.75) is 13.0 Å². The van der Waals surface area contributed by atoms with E-state index in [9.17, 15) is 29.8 Å². The molecule has 3 rings (SSSR count). The Labute approximate surface area is 168 Å². The van der Waals surface area contributed by atoms with Gasteiger partial charge in [0.25, 0.3) is 17.3 Å². The predicted molar refractivity (Wildman–Crippen MR) is 101 cm³/mol. The van der Waals surface area contributed by atoms with E-state index in [-0.39, 0.29) is 36.1 Å². The molecule has 12 nitrogen and oxygen atoms in total. The van der Waals surface area contributed by atoms with E-state index in [2.05, 4.69) is 5.32 Å². The number of amides is 1. The number of hydrogen-bond donors (Lipinski definition) is 1. The third-order valence-electron chi connectivity index (χ3n) is 4.09. The molecule has 1 N–H and O–H groups in total. The summed E-state index contributed by atoms with van der Waals surface area (Å²) in [5.74, 6) is -1.73. The van der Waals surface area contributed by atoms with Crippen molar-refractivity contribution in [3.8, 4) is 11.5 Å². The van der Waals surface area contributed by atoms with Crippen LogP contribution in [0.5, 0.6) is 11.5 Å². The second-order valence-corrected chi connectivity index (χ2v) is 6.08. The lowest BCUT2D eigenvalue weighted by molar-refractivity contribution is -0.385. The molecule has 30 heavy (non-hydrogen) atoms. The highest BCUT2D eigenvalue weighted by atomic mass is 16.6. The van der Waals surface area contributed by atoms with Gasteiger partial charge in [-0.2, -0.15) is 0 Å². The maximum Gasteiger partial charge on any atom is 0.346 e. The molecule has 0 aromatic heterocycles. The Morgan fingerprint density at radius 2 is 1.63 bits per heavy atom. The van der Waals surface area contributed by atoms with Crippen molar-refractivity contribution >= 4 is 28.9 Å². The minimum atomic E-state index is -1.40. The maximum atomic E-state index is 12.5. The molecule has 0 radical (unpaired) electrons. The number of nitro groups is 2. The molecular weight excluding hydrogens is 402 g/mol. The van der Waals surface area contributed by atoms with Crippen LogP contribution in [-0.2, 0) is 9.53 Å². The lowest BCUT2D eigenvalue weighted by atomic mass is 10.1. The summed E-state index contributed by atoms with van der Waals surface area (Å²) in [5.41, 5.74) is -1.42. The number of benzene rings is 2. The second-order valence-electron chi connectivity index (χ2n) is 6.08. The number of rotatable bonds is 6. The van der Waals surface area contributed by atoms with E-state index < -0.39 is 39.1 Å². The number of esters is 1. The highest BCUT2D eigenvalue weighted by Gasteiger charge is 2.30. The Morgan fingerprint density at radius 1 is 1.03 bits per heavy atom. The number of nitro benzene ring substituents is 2. The zero-order valence-electron chi connectivity index (χ0n) is 15.5. The molecule has 2 aromatic rings. The van der Waals surface area contributed by atoms with Gasteiger partial charge in [-0.15, -0.1) is 0 Å². The second kappa shape index (κ2) is 8.43. The Hall–Kier alpha value is -4.22. The molecule has 0 aliphatic carbocycles. The van der Waals surface area contributed by atoms with Gasteiger partial charge in [-0.1, -0.05) is 12.1 Å². The number of nitrogens with one attached hydrogen (secondary N) is 1. The van der Waals surface area contributed by atoms with Crippen LogP contribution in [0.2, 0.25) is 0 Å². The van der Waals surface area contributed by atoms with Crippen LogP contribution in [0.15, 0.2) is 36.4 Å². The van der Waals surface area contributed by atoms with Gasteiger partial charge in [-0.3, -0.25) is 25.0 Å². The molecular formula is C18H15N3O9. The van der Waals surface area contributed by atoms with Crippen molar-refractivity contribution in [1.29, 1.82) is 0 Å². The van der Waals surface area contributed by atoms with Crippen LogP contribution in [0.4, 0.5) is 17.1 Å². The van der Waals surface area contributed by atoms with Gasteiger partial charge in [0.05, 0.1) is 15.9 Å². The van der Waals surface area contributed by atoms with Crippen LogP contribution in [0.3, 0.4) is 0 Å². The molecule has 0 fully saturated rings. The van der Waals surface area contributed by atoms with Crippen LogP contribution in [0.25, 0.3) is 0 Å². The molecule has 1 aliphatic rings. The van der Waals surface area contributed by atoms with Crippen molar-refractivity contribution in [1.82, 2.24) is 0 Å².